The third-order valence-electron chi connectivity index (χ3n) is 3.92. The zero-order chi connectivity index (χ0) is 15.1. The zero-order valence-corrected chi connectivity index (χ0v) is 12.6. The van der Waals surface area contributed by atoms with Gasteiger partial charge in [0.25, 0.3) is 5.91 Å². The largest absolute Gasteiger partial charge is 0.368 e. The van der Waals surface area contributed by atoms with E-state index in [1.54, 1.807) is 0 Å². The van der Waals surface area contributed by atoms with Crippen LogP contribution >= 0.6 is 0 Å². The molecule has 1 aliphatic rings. The van der Waals surface area contributed by atoms with Crippen LogP contribution in [0.3, 0.4) is 0 Å². The highest BCUT2D eigenvalue weighted by Gasteiger charge is 2.19. The van der Waals surface area contributed by atoms with Crippen molar-refractivity contribution in [2.45, 2.75) is 57.9 Å². The predicted octanol–water partition coefficient (Wildman–Crippen LogP) is 3.50. The lowest BCUT2D eigenvalue weighted by Crippen LogP contribution is -2.35. The summed E-state index contributed by atoms with van der Waals surface area (Å²) in [5.41, 5.74) is 0.0722. The van der Waals surface area contributed by atoms with Crippen molar-refractivity contribution in [2.75, 3.05) is 11.9 Å². The number of halogens is 1. The number of hydrogen-bond acceptors (Lipinski definition) is 3. The molecule has 1 aromatic heterocycles. The second-order valence-corrected chi connectivity index (χ2v) is 5.57. The minimum atomic E-state index is -0.567. The van der Waals surface area contributed by atoms with Gasteiger partial charge in [0, 0.05) is 18.8 Å². The molecule has 1 aliphatic carbocycles. The van der Waals surface area contributed by atoms with Crippen LogP contribution in [0, 0.1) is 5.82 Å². The van der Waals surface area contributed by atoms with Crippen LogP contribution in [-0.2, 0) is 0 Å². The maximum Gasteiger partial charge on any atom is 0.254 e. The molecule has 5 heteroatoms. The van der Waals surface area contributed by atoms with Crippen LogP contribution in [0.15, 0.2) is 12.3 Å². The van der Waals surface area contributed by atoms with Gasteiger partial charge in [0.15, 0.2) is 11.6 Å². The number of hydrogen-bond donors (Lipinski definition) is 2. The Balaban J connectivity index is 2.03. The lowest BCUT2D eigenvalue weighted by atomic mass is 9.96. The Labute approximate surface area is 125 Å². The van der Waals surface area contributed by atoms with Crippen molar-refractivity contribution >= 4 is 11.7 Å². The Morgan fingerprint density at radius 3 is 2.62 bits per heavy atom. The zero-order valence-electron chi connectivity index (χ0n) is 12.6. The quantitative estimate of drug-likeness (QED) is 0.893. The molecule has 1 heterocycles. The minimum absolute atomic E-state index is 0.0722. The van der Waals surface area contributed by atoms with Crippen LogP contribution in [0.2, 0.25) is 0 Å². The van der Waals surface area contributed by atoms with Crippen LogP contribution < -0.4 is 10.6 Å². The van der Waals surface area contributed by atoms with E-state index in [2.05, 4.69) is 15.6 Å². The molecule has 0 radical (unpaired) electrons. The smallest absolute Gasteiger partial charge is 0.254 e. The average molecular weight is 293 g/mol. The van der Waals surface area contributed by atoms with Gasteiger partial charge in [0.1, 0.15) is 0 Å². The van der Waals surface area contributed by atoms with Gasteiger partial charge < -0.3 is 10.6 Å². The van der Waals surface area contributed by atoms with Crippen LogP contribution in [0.25, 0.3) is 0 Å². The molecule has 0 aromatic carbocycles. The van der Waals surface area contributed by atoms with Crippen molar-refractivity contribution in [2.24, 2.45) is 0 Å². The number of carbonyl (C=O) groups excluding carboxylic acids is 1. The number of aromatic nitrogens is 1. The summed E-state index contributed by atoms with van der Waals surface area (Å²) in [5, 5.41) is 5.81. The molecule has 116 valence electrons. The fourth-order valence-corrected chi connectivity index (χ4v) is 2.77. The maximum absolute atomic E-state index is 14.2. The Hall–Kier alpha value is -1.65. The Morgan fingerprint density at radius 1 is 1.29 bits per heavy atom. The summed E-state index contributed by atoms with van der Waals surface area (Å²) >= 11 is 0. The van der Waals surface area contributed by atoms with Crippen LogP contribution in [0.4, 0.5) is 10.2 Å². The van der Waals surface area contributed by atoms with Gasteiger partial charge in [-0.25, -0.2) is 9.37 Å². The molecule has 2 rings (SSSR count). The summed E-state index contributed by atoms with van der Waals surface area (Å²) in [6.45, 7) is 2.43. The van der Waals surface area contributed by atoms with Gasteiger partial charge in [0.2, 0.25) is 0 Å². The average Bonchev–Trinajstić information content (AvgIpc) is 2.44. The van der Waals surface area contributed by atoms with Crippen molar-refractivity contribution in [1.82, 2.24) is 10.3 Å². The van der Waals surface area contributed by atoms with Gasteiger partial charge in [-0.05, 0) is 25.8 Å². The molecular formula is C16H24FN3O. The van der Waals surface area contributed by atoms with Crippen molar-refractivity contribution in [3.63, 3.8) is 0 Å². The van der Waals surface area contributed by atoms with Gasteiger partial charge in [0.05, 0.1) is 5.56 Å². The van der Waals surface area contributed by atoms with E-state index < -0.39 is 5.82 Å². The normalized spacial score (nSPS) is 16.9. The number of carbonyl (C=O) groups is 1. The molecule has 1 fully saturated rings. The monoisotopic (exact) mass is 293 g/mol. The van der Waals surface area contributed by atoms with E-state index in [1.165, 1.54) is 31.5 Å². The van der Waals surface area contributed by atoms with E-state index >= 15 is 0 Å². The Bertz CT molecular complexity index is 471. The molecule has 2 N–H and O–H groups in total. The molecule has 0 bridgehead atoms. The first-order valence-electron chi connectivity index (χ1n) is 7.91. The first-order valence-corrected chi connectivity index (χ1v) is 7.91. The third kappa shape index (κ3) is 4.41. The Kier molecular flexibility index (Phi) is 5.96. The first kappa shape index (κ1) is 15.7. The number of anilines is 1. The van der Waals surface area contributed by atoms with Crippen molar-refractivity contribution < 1.29 is 9.18 Å². The van der Waals surface area contributed by atoms with E-state index in [-0.39, 0.29) is 23.3 Å². The molecule has 1 saturated carbocycles. The van der Waals surface area contributed by atoms with Crippen LogP contribution in [-0.4, -0.2) is 23.5 Å². The van der Waals surface area contributed by atoms with Crippen LogP contribution in [0.1, 0.15) is 62.2 Å². The summed E-state index contributed by atoms with van der Waals surface area (Å²) in [6.07, 6.45) is 9.43. The van der Waals surface area contributed by atoms with Gasteiger partial charge in [-0.15, -0.1) is 0 Å². The highest BCUT2D eigenvalue weighted by atomic mass is 19.1. The van der Waals surface area contributed by atoms with E-state index in [9.17, 15) is 9.18 Å². The molecular weight excluding hydrogens is 269 g/mol. The molecule has 0 aliphatic heterocycles. The van der Waals surface area contributed by atoms with E-state index in [0.29, 0.717) is 6.54 Å². The predicted molar refractivity (Wildman–Crippen MR) is 81.9 cm³/mol. The fourth-order valence-electron chi connectivity index (χ4n) is 2.77. The molecule has 1 aromatic rings. The van der Waals surface area contributed by atoms with Gasteiger partial charge in [-0.3, -0.25) is 4.79 Å². The summed E-state index contributed by atoms with van der Waals surface area (Å²) in [7, 11) is 0. The molecule has 0 unspecified atom stereocenters. The summed E-state index contributed by atoms with van der Waals surface area (Å²) in [6, 6.07) is 1.60. The van der Waals surface area contributed by atoms with Crippen molar-refractivity contribution in [1.29, 1.82) is 0 Å². The van der Waals surface area contributed by atoms with E-state index in [0.717, 1.165) is 25.7 Å². The summed E-state index contributed by atoms with van der Waals surface area (Å²) in [5.74, 6) is -0.759. The minimum Gasteiger partial charge on any atom is -0.368 e. The van der Waals surface area contributed by atoms with E-state index in [4.69, 9.17) is 0 Å². The van der Waals surface area contributed by atoms with Crippen LogP contribution in [0.5, 0.6) is 0 Å². The van der Waals surface area contributed by atoms with Gasteiger partial charge >= 0.3 is 0 Å². The topological polar surface area (TPSA) is 54.0 Å². The standard InChI is InChI=1S/C16H24FN3O/c1-2-18-15-14(17)13(10-11-19-15)16(21)20-12-8-6-4-3-5-7-9-12/h10-12H,2-9H2,1H3,(H,18,19)(H,20,21). The number of nitrogens with zero attached hydrogens (tertiary/aromatic N) is 1. The molecule has 21 heavy (non-hydrogen) atoms. The Morgan fingerprint density at radius 2 is 1.95 bits per heavy atom. The molecule has 0 saturated heterocycles. The molecule has 1 amide bonds. The van der Waals surface area contributed by atoms with Crippen molar-refractivity contribution in [3.05, 3.63) is 23.6 Å². The first-order chi connectivity index (χ1) is 10.2. The lowest BCUT2D eigenvalue weighted by Gasteiger charge is -2.21. The SMILES string of the molecule is CCNc1nccc(C(=O)NC2CCCCCCC2)c1F. The maximum atomic E-state index is 14.2. The second-order valence-electron chi connectivity index (χ2n) is 5.57. The highest BCUT2D eigenvalue weighted by molar-refractivity contribution is 5.95. The van der Waals surface area contributed by atoms with E-state index in [1.807, 2.05) is 6.92 Å². The lowest BCUT2D eigenvalue weighted by molar-refractivity contribution is 0.0926. The van der Waals surface area contributed by atoms with Gasteiger partial charge in [-0.2, -0.15) is 0 Å². The summed E-state index contributed by atoms with van der Waals surface area (Å²) < 4.78 is 14.2. The third-order valence-corrected chi connectivity index (χ3v) is 3.92. The molecule has 0 spiro atoms. The van der Waals surface area contributed by atoms with Gasteiger partial charge in [-0.1, -0.05) is 32.1 Å². The fraction of sp³-hybridized carbons (Fsp3) is 0.625. The number of nitrogens with one attached hydrogen (secondary N) is 2. The molecule has 4 nitrogen and oxygen atoms in total. The molecule has 0 atom stereocenters. The number of rotatable bonds is 4. The number of amides is 1. The summed E-state index contributed by atoms with van der Waals surface area (Å²) in [4.78, 5) is 16.2. The second kappa shape index (κ2) is 7.96. The number of pyridine rings is 1. The van der Waals surface area contributed by atoms with Crippen molar-refractivity contribution in [3.8, 4) is 0 Å². The highest BCUT2D eigenvalue weighted by Crippen LogP contribution is 2.19.